The number of aldehydes is 1. The molecule has 2 aromatic carbocycles. The highest BCUT2D eigenvalue weighted by molar-refractivity contribution is 6.01. The first-order valence-electron chi connectivity index (χ1n) is 8.37. The van der Waals surface area contributed by atoms with Gasteiger partial charge in [0.25, 0.3) is 0 Å². The number of carbonyl (C=O) groups is 1. The van der Waals surface area contributed by atoms with E-state index >= 15 is 0 Å². The monoisotopic (exact) mass is 469 g/mol. The first-order valence-corrected chi connectivity index (χ1v) is 8.37. The molecule has 2 rings (SSSR count). The van der Waals surface area contributed by atoms with Crippen LogP contribution in [0.2, 0.25) is 0 Å². The van der Waals surface area contributed by atoms with Gasteiger partial charge in [-0.1, -0.05) is 36.4 Å². The zero-order chi connectivity index (χ0) is 24.4. The third-order valence-corrected chi connectivity index (χ3v) is 4.19. The average molecular weight is 469 g/mol. The first kappa shape index (κ1) is 24.9. The molecule has 32 heavy (non-hydrogen) atoms. The fraction of sp³-hybridized carbons (Fsp3) is 0.211. The number of hydrogen-bond donors (Lipinski definition) is 1. The van der Waals surface area contributed by atoms with Gasteiger partial charge in [-0.2, -0.15) is 35.1 Å². The third-order valence-electron chi connectivity index (χ3n) is 4.19. The normalized spacial score (nSPS) is 15.6. The van der Waals surface area contributed by atoms with Crippen molar-refractivity contribution in [3.8, 4) is 0 Å². The molecular formula is C19H12F9N3O. The number of aliphatic imine (C=N–C) groups is 2. The van der Waals surface area contributed by atoms with Crippen LogP contribution >= 0.6 is 0 Å². The molecule has 1 atom stereocenters. The van der Waals surface area contributed by atoms with Crippen LogP contribution in [0.5, 0.6) is 0 Å². The van der Waals surface area contributed by atoms with Crippen molar-refractivity contribution in [1.29, 1.82) is 0 Å². The number of benzene rings is 2. The Bertz CT molecular complexity index is 1010. The zero-order valence-electron chi connectivity index (χ0n) is 15.6. The lowest BCUT2D eigenvalue weighted by atomic mass is 9.87. The molecule has 0 aromatic heterocycles. The molecule has 0 aliphatic heterocycles. The van der Waals surface area contributed by atoms with Crippen molar-refractivity contribution in [3.63, 3.8) is 0 Å². The summed E-state index contributed by atoms with van der Waals surface area (Å²) in [6, 6.07) is 7.25. The standard InChI is InChI=1S/C19H12F9N3O/c20-16(18(23,24)25,17(21,22)19(26,27)28)13-5-7-14(8-6-13)30-10-31-15(29)12-3-1-11(9-32)2-4-12/h1-10H,(H2,29,30,31). The van der Waals surface area contributed by atoms with E-state index in [0.717, 1.165) is 6.34 Å². The summed E-state index contributed by atoms with van der Waals surface area (Å²) in [4.78, 5) is 18.0. The minimum Gasteiger partial charge on any atom is -0.383 e. The Hall–Kier alpha value is -3.38. The van der Waals surface area contributed by atoms with Crippen molar-refractivity contribution in [2.45, 2.75) is 23.9 Å². The largest absolute Gasteiger partial charge is 0.457 e. The van der Waals surface area contributed by atoms with Gasteiger partial charge >= 0.3 is 23.9 Å². The van der Waals surface area contributed by atoms with Crippen molar-refractivity contribution >= 4 is 24.1 Å². The van der Waals surface area contributed by atoms with Crippen LogP contribution < -0.4 is 5.73 Å². The van der Waals surface area contributed by atoms with E-state index in [1.54, 1.807) is 0 Å². The first-order chi connectivity index (χ1) is 14.6. The van der Waals surface area contributed by atoms with Gasteiger partial charge in [-0.05, 0) is 12.1 Å². The molecule has 0 radical (unpaired) electrons. The van der Waals surface area contributed by atoms with Crippen molar-refractivity contribution in [2.24, 2.45) is 15.7 Å². The number of halogens is 9. The van der Waals surface area contributed by atoms with Gasteiger partial charge in [0.1, 0.15) is 18.5 Å². The average Bonchev–Trinajstić information content (AvgIpc) is 2.72. The second kappa shape index (κ2) is 8.63. The molecule has 0 aliphatic carbocycles. The van der Waals surface area contributed by atoms with Gasteiger partial charge in [0.05, 0.1) is 5.69 Å². The molecule has 4 nitrogen and oxygen atoms in total. The van der Waals surface area contributed by atoms with E-state index in [0.29, 0.717) is 29.5 Å². The van der Waals surface area contributed by atoms with Gasteiger partial charge in [0.2, 0.25) is 0 Å². The highest BCUT2D eigenvalue weighted by atomic mass is 19.4. The number of carbonyl (C=O) groups excluding carboxylic acids is 1. The van der Waals surface area contributed by atoms with Crippen LogP contribution in [0.25, 0.3) is 0 Å². The third kappa shape index (κ3) is 4.60. The van der Waals surface area contributed by atoms with E-state index in [9.17, 15) is 44.3 Å². The summed E-state index contributed by atoms with van der Waals surface area (Å²) in [5.74, 6) is -6.83. The van der Waals surface area contributed by atoms with Crippen molar-refractivity contribution in [3.05, 3.63) is 65.2 Å². The van der Waals surface area contributed by atoms with Crippen LogP contribution in [0, 0.1) is 0 Å². The molecule has 0 saturated carbocycles. The predicted molar refractivity (Wildman–Crippen MR) is 97.0 cm³/mol. The predicted octanol–water partition coefficient (Wildman–Crippen LogP) is 5.49. The van der Waals surface area contributed by atoms with Crippen LogP contribution in [0.4, 0.5) is 45.2 Å². The molecule has 0 fully saturated rings. The Morgan fingerprint density at radius 1 is 0.781 bits per heavy atom. The van der Waals surface area contributed by atoms with Gasteiger partial charge in [-0.3, -0.25) is 4.79 Å². The molecule has 2 N–H and O–H groups in total. The maximum Gasteiger partial charge on any atom is 0.457 e. The number of amidine groups is 1. The van der Waals surface area contributed by atoms with Crippen LogP contribution in [0.1, 0.15) is 21.5 Å². The highest BCUT2D eigenvalue weighted by Gasteiger charge is 2.81. The lowest BCUT2D eigenvalue weighted by molar-refractivity contribution is -0.389. The van der Waals surface area contributed by atoms with Crippen LogP contribution in [-0.4, -0.2) is 36.7 Å². The Morgan fingerprint density at radius 2 is 1.31 bits per heavy atom. The Labute approximate surface area is 174 Å². The fourth-order valence-electron chi connectivity index (χ4n) is 2.46. The quantitative estimate of drug-likeness (QED) is 0.263. The summed E-state index contributed by atoms with van der Waals surface area (Å²) in [7, 11) is 0. The number of rotatable bonds is 6. The van der Waals surface area contributed by atoms with E-state index in [2.05, 4.69) is 9.98 Å². The van der Waals surface area contributed by atoms with Crippen molar-refractivity contribution < 1.29 is 44.3 Å². The lowest BCUT2D eigenvalue weighted by Gasteiger charge is -2.36. The number of hydrogen-bond acceptors (Lipinski definition) is 2. The summed E-state index contributed by atoms with van der Waals surface area (Å²) in [5.41, 5.74) is -1.77. The van der Waals surface area contributed by atoms with E-state index in [4.69, 9.17) is 5.73 Å². The summed E-state index contributed by atoms with van der Waals surface area (Å²) in [6.45, 7) is 0. The molecule has 0 amide bonds. The fourth-order valence-corrected chi connectivity index (χ4v) is 2.46. The minimum atomic E-state index is -6.80. The second-order valence-corrected chi connectivity index (χ2v) is 6.27. The Morgan fingerprint density at radius 3 is 1.75 bits per heavy atom. The number of alkyl halides is 9. The molecule has 2 aromatic rings. The van der Waals surface area contributed by atoms with E-state index in [1.165, 1.54) is 24.3 Å². The Kier molecular flexibility index (Phi) is 6.71. The smallest absolute Gasteiger partial charge is 0.383 e. The molecule has 0 spiro atoms. The molecular weight excluding hydrogens is 457 g/mol. The molecule has 0 aliphatic rings. The van der Waals surface area contributed by atoms with Crippen molar-refractivity contribution in [2.75, 3.05) is 0 Å². The highest BCUT2D eigenvalue weighted by Crippen LogP contribution is 2.58. The van der Waals surface area contributed by atoms with Crippen LogP contribution in [0.3, 0.4) is 0 Å². The van der Waals surface area contributed by atoms with Crippen LogP contribution in [-0.2, 0) is 5.67 Å². The number of nitrogens with zero attached hydrogens (tertiary/aromatic N) is 2. The van der Waals surface area contributed by atoms with E-state index in [1.807, 2.05) is 0 Å². The summed E-state index contributed by atoms with van der Waals surface area (Å²) in [6.07, 6.45) is -12.0. The minimum absolute atomic E-state index is 0.0764. The van der Waals surface area contributed by atoms with Crippen molar-refractivity contribution in [1.82, 2.24) is 0 Å². The molecule has 0 saturated heterocycles. The maximum atomic E-state index is 14.3. The lowest BCUT2D eigenvalue weighted by Crippen LogP contribution is -2.59. The molecule has 13 heteroatoms. The summed E-state index contributed by atoms with van der Waals surface area (Å²) >= 11 is 0. The van der Waals surface area contributed by atoms with Gasteiger partial charge in [0, 0.05) is 16.7 Å². The molecule has 0 bridgehead atoms. The second-order valence-electron chi connectivity index (χ2n) is 6.27. The Balaban J connectivity index is 2.31. The summed E-state index contributed by atoms with van der Waals surface area (Å²) in [5, 5.41) is 0. The molecule has 0 heterocycles. The van der Waals surface area contributed by atoms with Crippen LogP contribution in [0.15, 0.2) is 58.5 Å². The maximum absolute atomic E-state index is 14.3. The van der Waals surface area contributed by atoms with Gasteiger partial charge in [0.15, 0.2) is 0 Å². The SMILES string of the molecule is NC(=NC=Nc1ccc(C(F)(C(F)(F)F)C(F)(F)C(F)(F)F)cc1)c1ccc(C=O)cc1. The van der Waals surface area contributed by atoms with Gasteiger partial charge < -0.3 is 5.73 Å². The molecule has 1 unspecified atom stereocenters. The van der Waals surface area contributed by atoms with E-state index in [-0.39, 0.29) is 23.7 Å². The zero-order valence-corrected chi connectivity index (χ0v) is 15.6. The van der Waals surface area contributed by atoms with E-state index < -0.39 is 29.5 Å². The topological polar surface area (TPSA) is 67.8 Å². The number of nitrogens with two attached hydrogens (primary N) is 1. The van der Waals surface area contributed by atoms with Gasteiger partial charge in [-0.15, -0.1) is 0 Å². The molecule has 172 valence electrons. The van der Waals surface area contributed by atoms with Gasteiger partial charge in [-0.25, -0.2) is 14.4 Å². The summed E-state index contributed by atoms with van der Waals surface area (Å²) < 4.78 is 118.